The molecule has 1 aromatic carbocycles. The molecule has 0 amide bonds. The van der Waals surface area contributed by atoms with Crippen LogP contribution >= 0.6 is 11.3 Å². The third-order valence-electron chi connectivity index (χ3n) is 3.27. The van der Waals surface area contributed by atoms with Crippen molar-refractivity contribution >= 4 is 28.9 Å². The predicted molar refractivity (Wildman–Crippen MR) is 89.2 cm³/mol. The SMILES string of the molecule is COC(=O)c1cc(Nc2nccc(C(F)(F)F)n2)cc(-c2cncs2)c1. The molecule has 0 aliphatic rings. The lowest BCUT2D eigenvalue weighted by molar-refractivity contribution is -0.141. The van der Waals surface area contributed by atoms with Crippen molar-refractivity contribution in [3.05, 3.63) is 53.4 Å². The van der Waals surface area contributed by atoms with E-state index in [1.807, 2.05) is 0 Å². The number of hydrogen-bond acceptors (Lipinski definition) is 7. The Bertz CT molecular complexity index is 929. The first kappa shape index (κ1) is 17.8. The van der Waals surface area contributed by atoms with Gasteiger partial charge in [-0.1, -0.05) is 0 Å². The number of nitrogens with zero attached hydrogens (tertiary/aromatic N) is 3. The molecule has 0 unspecified atom stereocenters. The highest BCUT2D eigenvalue weighted by Gasteiger charge is 2.32. The second-order valence-electron chi connectivity index (χ2n) is 5.04. The van der Waals surface area contributed by atoms with Crippen LogP contribution in [0.4, 0.5) is 24.8 Å². The largest absolute Gasteiger partial charge is 0.465 e. The fraction of sp³-hybridized carbons (Fsp3) is 0.125. The van der Waals surface area contributed by atoms with Crippen LogP contribution in [0.25, 0.3) is 10.4 Å². The van der Waals surface area contributed by atoms with Crippen LogP contribution in [0, 0.1) is 0 Å². The van der Waals surface area contributed by atoms with Crippen molar-refractivity contribution in [2.75, 3.05) is 12.4 Å². The highest BCUT2D eigenvalue weighted by molar-refractivity contribution is 7.13. The third kappa shape index (κ3) is 3.97. The third-order valence-corrected chi connectivity index (χ3v) is 4.10. The normalized spacial score (nSPS) is 11.2. The van der Waals surface area contributed by atoms with E-state index in [2.05, 4.69) is 20.3 Å². The van der Waals surface area contributed by atoms with Crippen LogP contribution in [-0.2, 0) is 10.9 Å². The number of anilines is 2. The van der Waals surface area contributed by atoms with Gasteiger partial charge in [0.05, 0.1) is 23.1 Å². The maximum atomic E-state index is 12.8. The molecule has 0 atom stereocenters. The quantitative estimate of drug-likeness (QED) is 0.685. The number of alkyl halides is 3. The lowest BCUT2D eigenvalue weighted by Crippen LogP contribution is -2.10. The number of thiazole rings is 1. The first-order valence-electron chi connectivity index (χ1n) is 7.16. The van der Waals surface area contributed by atoms with Crippen LogP contribution < -0.4 is 5.32 Å². The minimum absolute atomic E-state index is 0.230. The van der Waals surface area contributed by atoms with Crippen molar-refractivity contribution < 1.29 is 22.7 Å². The fourth-order valence-electron chi connectivity index (χ4n) is 2.14. The lowest BCUT2D eigenvalue weighted by atomic mass is 10.1. The zero-order valence-electron chi connectivity index (χ0n) is 13.2. The van der Waals surface area contributed by atoms with Gasteiger partial charge in [0, 0.05) is 18.1 Å². The van der Waals surface area contributed by atoms with E-state index in [9.17, 15) is 18.0 Å². The molecular weight excluding hydrogens is 369 g/mol. The zero-order chi connectivity index (χ0) is 18.7. The first-order valence-corrected chi connectivity index (χ1v) is 8.04. The first-order chi connectivity index (χ1) is 12.4. The smallest absolute Gasteiger partial charge is 0.433 e. The lowest BCUT2D eigenvalue weighted by Gasteiger charge is -2.11. The summed E-state index contributed by atoms with van der Waals surface area (Å²) in [6.07, 6.45) is -1.96. The molecule has 0 aliphatic carbocycles. The molecule has 0 radical (unpaired) electrons. The molecule has 0 saturated carbocycles. The number of esters is 1. The van der Waals surface area contributed by atoms with Gasteiger partial charge in [0.2, 0.25) is 5.95 Å². The number of halogens is 3. The second kappa shape index (κ2) is 7.08. The number of carbonyl (C=O) groups excluding carboxylic acids is 1. The molecular formula is C16H11F3N4O2S. The molecule has 3 aromatic rings. The van der Waals surface area contributed by atoms with Crippen molar-refractivity contribution in [1.82, 2.24) is 15.0 Å². The molecule has 3 rings (SSSR count). The minimum Gasteiger partial charge on any atom is -0.465 e. The van der Waals surface area contributed by atoms with Crippen molar-refractivity contribution in [2.45, 2.75) is 6.18 Å². The summed E-state index contributed by atoms with van der Waals surface area (Å²) < 4.78 is 43.1. The number of rotatable bonds is 4. The predicted octanol–water partition coefficient (Wildman–Crippen LogP) is 4.15. The van der Waals surface area contributed by atoms with Crippen molar-refractivity contribution in [3.8, 4) is 10.4 Å². The Morgan fingerprint density at radius 3 is 2.73 bits per heavy atom. The van der Waals surface area contributed by atoms with Crippen molar-refractivity contribution in [3.63, 3.8) is 0 Å². The van der Waals surface area contributed by atoms with Crippen LogP contribution in [0.5, 0.6) is 0 Å². The maximum Gasteiger partial charge on any atom is 0.433 e. The summed E-state index contributed by atoms with van der Waals surface area (Å²) in [6, 6.07) is 5.49. The van der Waals surface area contributed by atoms with Crippen LogP contribution in [0.1, 0.15) is 16.1 Å². The number of methoxy groups -OCH3 is 1. The van der Waals surface area contributed by atoms with Gasteiger partial charge < -0.3 is 10.1 Å². The van der Waals surface area contributed by atoms with Gasteiger partial charge in [0.25, 0.3) is 0 Å². The van der Waals surface area contributed by atoms with E-state index in [1.165, 1.54) is 24.5 Å². The summed E-state index contributed by atoms with van der Waals surface area (Å²) in [5, 5.41) is 2.69. The summed E-state index contributed by atoms with van der Waals surface area (Å²) in [6.45, 7) is 0. The van der Waals surface area contributed by atoms with Gasteiger partial charge in [-0.3, -0.25) is 4.98 Å². The van der Waals surface area contributed by atoms with E-state index >= 15 is 0 Å². The molecule has 0 fully saturated rings. The van der Waals surface area contributed by atoms with Gasteiger partial charge >= 0.3 is 12.1 Å². The summed E-state index contributed by atoms with van der Waals surface area (Å²) in [4.78, 5) is 23.9. The van der Waals surface area contributed by atoms with Crippen LogP contribution in [-0.4, -0.2) is 28.0 Å². The highest BCUT2D eigenvalue weighted by atomic mass is 32.1. The highest BCUT2D eigenvalue weighted by Crippen LogP contribution is 2.30. The van der Waals surface area contributed by atoms with Gasteiger partial charge in [-0.2, -0.15) is 13.2 Å². The number of benzene rings is 1. The molecule has 0 saturated heterocycles. The van der Waals surface area contributed by atoms with Crippen LogP contribution in [0.15, 0.2) is 42.2 Å². The Balaban J connectivity index is 1.99. The Morgan fingerprint density at radius 1 is 1.27 bits per heavy atom. The van der Waals surface area contributed by atoms with Crippen LogP contribution in [0.2, 0.25) is 0 Å². The fourth-order valence-corrected chi connectivity index (χ4v) is 2.75. The van der Waals surface area contributed by atoms with E-state index in [1.54, 1.807) is 23.8 Å². The molecule has 10 heteroatoms. The van der Waals surface area contributed by atoms with E-state index < -0.39 is 17.8 Å². The standard InChI is InChI=1S/C16H11F3N4O2S/c1-25-14(24)10-4-9(12-7-20-8-26-12)5-11(6-10)22-15-21-3-2-13(23-15)16(17,18)19/h2-8H,1H3,(H,21,22,23). The van der Waals surface area contributed by atoms with E-state index in [-0.39, 0.29) is 11.5 Å². The molecule has 0 bridgehead atoms. The summed E-state index contributed by atoms with van der Waals surface area (Å²) in [7, 11) is 1.24. The number of nitrogens with one attached hydrogen (secondary N) is 1. The van der Waals surface area contributed by atoms with E-state index in [0.29, 0.717) is 11.3 Å². The molecule has 6 nitrogen and oxygen atoms in total. The van der Waals surface area contributed by atoms with Crippen molar-refractivity contribution in [1.29, 1.82) is 0 Å². The number of ether oxygens (including phenoxy) is 1. The molecule has 2 aromatic heterocycles. The monoisotopic (exact) mass is 380 g/mol. The van der Waals surface area contributed by atoms with Crippen molar-refractivity contribution in [2.24, 2.45) is 0 Å². The number of carbonyl (C=O) groups is 1. The maximum absolute atomic E-state index is 12.8. The van der Waals surface area contributed by atoms with Gasteiger partial charge in [0.1, 0.15) is 5.69 Å². The van der Waals surface area contributed by atoms with Gasteiger partial charge in [0.15, 0.2) is 0 Å². The number of aromatic nitrogens is 3. The van der Waals surface area contributed by atoms with Gasteiger partial charge in [-0.15, -0.1) is 11.3 Å². The second-order valence-corrected chi connectivity index (χ2v) is 5.93. The summed E-state index contributed by atoms with van der Waals surface area (Å²) in [5.74, 6) is -0.818. The minimum atomic E-state index is -4.58. The average molecular weight is 380 g/mol. The average Bonchev–Trinajstić information content (AvgIpc) is 3.15. The summed E-state index contributed by atoms with van der Waals surface area (Å²) in [5.41, 5.74) is 1.79. The molecule has 0 aliphatic heterocycles. The number of hydrogen-bond donors (Lipinski definition) is 1. The molecule has 26 heavy (non-hydrogen) atoms. The molecule has 134 valence electrons. The Labute approximate surface area is 149 Å². The molecule has 2 heterocycles. The Hall–Kier alpha value is -3.01. The molecule has 1 N–H and O–H groups in total. The van der Waals surface area contributed by atoms with Gasteiger partial charge in [-0.25, -0.2) is 14.8 Å². The van der Waals surface area contributed by atoms with Crippen LogP contribution in [0.3, 0.4) is 0 Å². The van der Waals surface area contributed by atoms with E-state index in [0.717, 1.165) is 17.1 Å². The Kier molecular flexibility index (Phi) is 4.85. The molecule has 0 spiro atoms. The van der Waals surface area contributed by atoms with E-state index in [4.69, 9.17) is 4.74 Å². The van der Waals surface area contributed by atoms with Gasteiger partial charge in [-0.05, 0) is 29.8 Å². The topological polar surface area (TPSA) is 77.0 Å². The Morgan fingerprint density at radius 2 is 2.08 bits per heavy atom. The summed E-state index contributed by atoms with van der Waals surface area (Å²) >= 11 is 1.35. The zero-order valence-corrected chi connectivity index (χ0v) is 14.1.